The molecule has 1 N–H and O–H groups in total. The smallest absolute Gasteiger partial charge is 0.241 e. The zero-order valence-corrected chi connectivity index (χ0v) is 14.1. The van der Waals surface area contributed by atoms with Gasteiger partial charge in [0.05, 0.1) is 11.7 Å². The number of anilines is 1. The van der Waals surface area contributed by atoms with Crippen LogP contribution in [0.1, 0.15) is 12.5 Å². The number of hydrogen-bond donors (Lipinski definition) is 1. The van der Waals surface area contributed by atoms with E-state index in [1.54, 1.807) is 19.1 Å². The standard InChI is InChI=1S/C17H18BrFN2O/c1-12(21(2)11-13-6-4-3-5-7-13)17(22)20-16-9-8-14(18)10-15(16)19/h3-10,12H,11H2,1-2H3,(H,20,22). The largest absolute Gasteiger partial charge is 0.322 e. The topological polar surface area (TPSA) is 32.3 Å². The third-order valence-corrected chi connectivity index (χ3v) is 4.00. The summed E-state index contributed by atoms with van der Waals surface area (Å²) < 4.78 is 14.4. The first-order chi connectivity index (χ1) is 10.5. The van der Waals surface area contributed by atoms with E-state index < -0.39 is 5.82 Å². The number of nitrogens with zero attached hydrogens (tertiary/aromatic N) is 1. The molecule has 0 aliphatic carbocycles. The summed E-state index contributed by atoms with van der Waals surface area (Å²) in [6.45, 7) is 2.45. The fourth-order valence-corrected chi connectivity index (χ4v) is 2.37. The van der Waals surface area contributed by atoms with Crippen LogP contribution in [0.25, 0.3) is 0 Å². The Hall–Kier alpha value is -1.72. The average molecular weight is 365 g/mol. The molecule has 116 valence electrons. The Balaban J connectivity index is 1.99. The molecular weight excluding hydrogens is 347 g/mol. The van der Waals surface area contributed by atoms with Crippen LogP contribution < -0.4 is 5.32 Å². The highest BCUT2D eigenvalue weighted by atomic mass is 79.9. The Labute approximate surface area is 138 Å². The molecule has 2 rings (SSSR count). The average Bonchev–Trinajstić information content (AvgIpc) is 2.50. The predicted molar refractivity (Wildman–Crippen MR) is 90.1 cm³/mol. The lowest BCUT2D eigenvalue weighted by Gasteiger charge is -2.24. The summed E-state index contributed by atoms with van der Waals surface area (Å²) in [5.74, 6) is -0.694. The van der Waals surface area contributed by atoms with Crippen LogP contribution in [0.4, 0.5) is 10.1 Å². The molecule has 0 heterocycles. The van der Waals surface area contributed by atoms with Crippen molar-refractivity contribution in [3.05, 3.63) is 64.4 Å². The summed E-state index contributed by atoms with van der Waals surface area (Å²) in [4.78, 5) is 14.2. The number of carbonyl (C=O) groups excluding carboxylic acids is 1. The molecule has 1 atom stereocenters. The van der Waals surface area contributed by atoms with Crippen LogP contribution >= 0.6 is 15.9 Å². The van der Waals surface area contributed by atoms with E-state index in [-0.39, 0.29) is 17.6 Å². The van der Waals surface area contributed by atoms with Crippen molar-refractivity contribution in [3.8, 4) is 0 Å². The number of halogens is 2. The molecule has 0 saturated carbocycles. The number of likely N-dealkylation sites (N-methyl/N-ethyl adjacent to an activating group) is 1. The van der Waals surface area contributed by atoms with Gasteiger partial charge in [0.15, 0.2) is 0 Å². The Bertz CT molecular complexity index is 648. The van der Waals surface area contributed by atoms with Crippen LogP contribution in [0.2, 0.25) is 0 Å². The molecule has 0 aliphatic rings. The van der Waals surface area contributed by atoms with E-state index in [0.29, 0.717) is 11.0 Å². The van der Waals surface area contributed by atoms with Crippen LogP contribution in [0, 0.1) is 5.82 Å². The van der Waals surface area contributed by atoms with Crippen LogP contribution in [0.15, 0.2) is 53.0 Å². The molecule has 0 saturated heterocycles. The molecule has 22 heavy (non-hydrogen) atoms. The van der Waals surface area contributed by atoms with E-state index in [2.05, 4.69) is 21.2 Å². The van der Waals surface area contributed by atoms with Crippen molar-refractivity contribution in [3.63, 3.8) is 0 Å². The monoisotopic (exact) mass is 364 g/mol. The summed E-state index contributed by atoms with van der Waals surface area (Å²) in [6, 6.07) is 14.1. The molecular formula is C17H18BrFN2O. The van der Waals surface area contributed by atoms with E-state index >= 15 is 0 Å². The summed E-state index contributed by atoms with van der Waals surface area (Å²) in [5.41, 5.74) is 1.31. The fourth-order valence-electron chi connectivity index (χ4n) is 2.04. The minimum absolute atomic E-state index is 0.188. The number of benzene rings is 2. The van der Waals surface area contributed by atoms with Crippen molar-refractivity contribution in [2.45, 2.75) is 19.5 Å². The number of amides is 1. The van der Waals surface area contributed by atoms with Gasteiger partial charge in [-0.3, -0.25) is 9.69 Å². The van der Waals surface area contributed by atoms with Crippen LogP contribution in [0.3, 0.4) is 0 Å². The maximum atomic E-state index is 13.8. The van der Waals surface area contributed by atoms with Crippen molar-refractivity contribution in [2.24, 2.45) is 0 Å². The highest BCUT2D eigenvalue weighted by Gasteiger charge is 2.19. The van der Waals surface area contributed by atoms with Crippen molar-refractivity contribution < 1.29 is 9.18 Å². The third kappa shape index (κ3) is 4.39. The molecule has 0 radical (unpaired) electrons. The Kier molecular flexibility index (Phi) is 5.69. The van der Waals surface area contributed by atoms with Gasteiger partial charge in [0.2, 0.25) is 5.91 Å². The van der Waals surface area contributed by atoms with Crippen molar-refractivity contribution in [1.82, 2.24) is 4.90 Å². The number of rotatable bonds is 5. The van der Waals surface area contributed by atoms with Crippen LogP contribution in [0.5, 0.6) is 0 Å². The Morgan fingerprint density at radius 2 is 1.95 bits per heavy atom. The molecule has 0 fully saturated rings. The van der Waals surface area contributed by atoms with Gasteiger partial charge in [0, 0.05) is 11.0 Å². The summed E-state index contributed by atoms with van der Waals surface area (Å²) in [7, 11) is 1.87. The van der Waals surface area contributed by atoms with E-state index in [9.17, 15) is 9.18 Å². The van der Waals surface area contributed by atoms with Gasteiger partial charge in [0.1, 0.15) is 5.82 Å². The minimum Gasteiger partial charge on any atom is -0.322 e. The van der Waals surface area contributed by atoms with Gasteiger partial charge in [-0.25, -0.2) is 4.39 Å². The quantitative estimate of drug-likeness (QED) is 0.867. The highest BCUT2D eigenvalue weighted by molar-refractivity contribution is 9.10. The predicted octanol–water partition coefficient (Wildman–Crippen LogP) is 4.05. The van der Waals surface area contributed by atoms with Gasteiger partial charge in [-0.05, 0) is 37.7 Å². The molecule has 2 aromatic rings. The second kappa shape index (κ2) is 7.51. The summed E-state index contributed by atoms with van der Waals surface area (Å²) in [6.07, 6.45) is 0. The minimum atomic E-state index is -0.458. The van der Waals surface area contributed by atoms with Crippen LogP contribution in [-0.4, -0.2) is 23.9 Å². The highest BCUT2D eigenvalue weighted by Crippen LogP contribution is 2.20. The molecule has 1 amide bonds. The van der Waals surface area contributed by atoms with Gasteiger partial charge < -0.3 is 5.32 Å². The van der Waals surface area contributed by atoms with Gasteiger partial charge in [-0.15, -0.1) is 0 Å². The Morgan fingerprint density at radius 1 is 1.27 bits per heavy atom. The number of nitrogens with one attached hydrogen (secondary N) is 1. The summed E-state index contributed by atoms with van der Waals surface area (Å²) in [5, 5.41) is 2.63. The second-order valence-corrected chi connectivity index (χ2v) is 6.11. The normalized spacial score (nSPS) is 12.2. The first-order valence-electron chi connectivity index (χ1n) is 6.97. The third-order valence-electron chi connectivity index (χ3n) is 3.50. The lowest BCUT2D eigenvalue weighted by atomic mass is 10.2. The van der Waals surface area contributed by atoms with Crippen molar-refractivity contribution in [1.29, 1.82) is 0 Å². The molecule has 0 aromatic heterocycles. The van der Waals surface area contributed by atoms with E-state index in [1.165, 1.54) is 6.07 Å². The molecule has 0 aliphatic heterocycles. The number of hydrogen-bond acceptors (Lipinski definition) is 2. The van der Waals surface area contributed by atoms with Gasteiger partial charge in [0.25, 0.3) is 0 Å². The maximum Gasteiger partial charge on any atom is 0.241 e. The maximum absolute atomic E-state index is 13.8. The van der Waals surface area contributed by atoms with Gasteiger partial charge >= 0.3 is 0 Å². The van der Waals surface area contributed by atoms with Crippen LogP contribution in [-0.2, 0) is 11.3 Å². The van der Waals surface area contributed by atoms with Gasteiger partial charge in [-0.1, -0.05) is 46.3 Å². The van der Waals surface area contributed by atoms with Crippen molar-refractivity contribution >= 4 is 27.5 Å². The lowest BCUT2D eigenvalue weighted by Crippen LogP contribution is -2.39. The molecule has 2 aromatic carbocycles. The van der Waals surface area contributed by atoms with Gasteiger partial charge in [-0.2, -0.15) is 0 Å². The first kappa shape index (κ1) is 16.6. The molecule has 0 bridgehead atoms. The van der Waals surface area contributed by atoms with Crippen molar-refractivity contribution in [2.75, 3.05) is 12.4 Å². The zero-order chi connectivity index (χ0) is 16.1. The van der Waals surface area contributed by atoms with E-state index in [1.807, 2.05) is 42.3 Å². The second-order valence-electron chi connectivity index (χ2n) is 5.19. The molecule has 3 nitrogen and oxygen atoms in total. The van der Waals surface area contributed by atoms with E-state index in [4.69, 9.17) is 0 Å². The first-order valence-corrected chi connectivity index (χ1v) is 7.77. The molecule has 0 spiro atoms. The zero-order valence-electron chi connectivity index (χ0n) is 12.5. The molecule has 1 unspecified atom stereocenters. The summed E-state index contributed by atoms with van der Waals surface area (Å²) >= 11 is 3.19. The fraction of sp³-hybridized carbons (Fsp3) is 0.235. The number of carbonyl (C=O) groups is 1. The molecule has 5 heteroatoms. The lowest BCUT2D eigenvalue weighted by molar-refractivity contribution is -0.120. The van der Waals surface area contributed by atoms with E-state index in [0.717, 1.165) is 5.56 Å². The SMILES string of the molecule is CC(C(=O)Nc1ccc(Br)cc1F)N(C)Cc1ccccc1. The Morgan fingerprint density at radius 3 is 2.59 bits per heavy atom.